The number of aromatic amines is 1. The number of nitrogens with one attached hydrogen (secondary N) is 2. The van der Waals surface area contributed by atoms with Gasteiger partial charge in [0.1, 0.15) is 0 Å². The van der Waals surface area contributed by atoms with Gasteiger partial charge in [0, 0.05) is 18.2 Å². The number of aryl methyl sites for hydroxylation is 2. The molecule has 0 saturated carbocycles. The van der Waals surface area contributed by atoms with Crippen molar-refractivity contribution in [3.8, 4) is 22.5 Å². The average molecular weight is 384 g/mol. The highest BCUT2D eigenvalue weighted by molar-refractivity contribution is 5.88. The highest BCUT2D eigenvalue weighted by atomic mass is 16.1. The second-order valence-electron chi connectivity index (χ2n) is 7.92. The van der Waals surface area contributed by atoms with Gasteiger partial charge in [-0.05, 0) is 49.9 Å². The predicted molar refractivity (Wildman–Crippen MR) is 117 cm³/mol. The summed E-state index contributed by atoms with van der Waals surface area (Å²) in [7, 11) is 0. The van der Waals surface area contributed by atoms with Gasteiger partial charge in [-0.1, -0.05) is 42.0 Å². The predicted octanol–water partition coefficient (Wildman–Crippen LogP) is 4.21. The van der Waals surface area contributed by atoms with Gasteiger partial charge in [0.05, 0.1) is 28.8 Å². The first-order valence-electron chi connectivity index (χ1n) is 10.1. The Bertz CT molecular complexity index is 1250. The van der Waals surface area contributed by atoms with Gasteiger partial charge < -0.3 is 14.9 Å². The van der Waals surface area contributed by atoms with Gasteiger partial charge in [-0.2, -0.15) is 0 Å². The molecule has 1 aliphatic heterocycles. The maximum atomic E-state index is 13.2. The summed E-state index contributed by atoms with van der Waals surface area (Å²) in [5.41, 5.74) is 6.54. The van der Waals surface area contributed by atoms with Crippen LogP contribution in [0.4, 0.5) is 0 Å². The Morgan fingerprint density at radius 3 is 2.69 bits per heavy atom. The zero-order valence-corrected chi connectivity index (χ0v) is 16.7. The maximum absolute atomic E-state index is 13.2. The first-order chi connectivity index (χ1) is 14.1. The molecule has 29 heavy (non-hydrogen) atoms. The quantitative estimate of drug-likeness (QED) is 0.556. The summed E-state index contributed by atoms with van der Waals surface area (Å²) in [4.78, 5) is 21.1. The molecule has 0 spiro atoms. The van der Waals surface area contributed by atoms with Crippen LogP contribution in [-0.4, -0.2) is 27.6 Å². The van der Waals surface area contributed by atoms with Crippen LogP contribution in [-0.2, 0) is 0 Å². The number of imidazole rings is 1. The Morgan fingerprint density at radius 1 is 1.10 bits per heavy atom. The first kappa shape index (κ1) is 17.9. The molecule has 0 amide bonds. The summed E-state index contributed by atoms with van der Waals surface area (Å²) in [6.07, 6.45) is 2.92. The zero-order chi connectivity index (χ0) is 20.0. The number of H-pyrrole nitrogens is 1. The number of hydrogen-bond acceptors (Lipinski definition) is 3. The number of nitrogens with zero attached hydrogens (tertiary/aromatic N) is 2. The van der Waals surface area contributed by atoms with Crippen molar-refractivity contribution < 1.29 is 0 Å². The third-order valence-electron chi connectivity index (χ3n) is 5.82. The van der Waals surface area contributed by atoms with E-state index >= 15 is 0 Å². The van der Waals surface area contributed by atoms with Crippen LogP contribution in [0.5, 0.6) is 0 Å². The molecule has 5 heteroatoms. The lowest BCUT2D eigenvalue weighted by Gasteiger charge is -2.16. The Hall–Kier alpha value is -3.18. The molecule has 146 valence electrons. The van der Waals surface area contributed by atoms with Gasteiger partial charge in [-0.3, -0.25) is 4.79 Å². The Morgan fingerprint density at radius 2 is 1.93 bits per heavy atom. The van der Waals surface area contributed by atoms with E-state index in [9.17, 15) is 4.79 Å². The summed E-state index contributed by atoms with van der Waals surface area (Å²) < 4.78 is 2.18. The Balaban J connectivity index is 1.79. The van der Waals surface area contributed by atoms with Gasteiger partial charge >= 0.3 is 0 Å². The molecule has 2 aromatic carbocycles. The lowest BCUT2D eigenvalue weighted by atomic mass is 10.0. The van der Waals surface area contributed by atoms with Crippen molar-refractivity contribution >= 4 is 10.9 Å². The monoisotopic (exact) mass is 384 g/mol. The van der Waals surface area contributed by atoms with Crippen LogP contribution in [0.1, 0.15) is 23.6 Å². The summed E-state index contributed by atoms with van der Waals surface area (Å²) >= 11 is 0. The molecular formula is C24H24N4O. The molecule has 1 atom stereocenters. The van der Waals surface area contributed by atoms with E-state index in [0.29, 0.717) is 11.6 Å². The second kappa shape index (κ2) is 7.01. The van der Waals surface area contributed by atoms with E-state index in [-0.39, 0.29) is 5.56 Å². The summed E-state index contributed by atoms with van der Waals surface area (Å²) in [6.45, 7) is 5.99. The molecule has 2 N–H and O–H groups in total. The van der Waals surface area contributed by atoms with Crippen molar-refractivity contribution in [3.63, 3.8) is 0 Å². The van der Waals surface area contributed by atoms with Crippen molar-refractivity contribution in [1.29, 1.82) is 0 Å². The van der Waals surface area contributed by atoms with E-state index in [1.54, 1.807) is 0 Å². The van der Waals surface area contributed by atoms with Crippen LogP contribution in [0.2, 0.25) is 0 Å². The van der Waals surface area contributed by atoms with E-state index in [1.165, 1.54) is 5.56 Å². The third-order valence-corrected chi connectivity index (χ3v) is 5.82. The van der Waals surface area contributed by atoms with E-state index in [4.69, 9.17) is 4.98 Å². The number of rotatable bonds is 3. The molecule has 1 aliphatic rings. The van der Waals surface area contributed by atoms with Crippen LogP contribution in [0.25, 0.3) is 33.4 Å². The highest BCUT2D eigenvalue weighted by Gasteiger charge is 2.25. The highest BCUT2D eigenvalue weighted by Crippen LogP contribution is 2.34. The largest absolute Gasteiger partial charge is 0.325 e. The molecule has 4 aromatic rings. The topological polar surface area (TPSA) is 62.7 Å². The maximum Gasteiger partial charge on any atom is 0.257 e. The molecular weight excluding hydrogens is 360 g/mol. The third kappa shape index (κ3) is 3.08. The van der Waals surface area contributed by atoms with Gasteiger partial charge in [0.25, 0.3) is 5.56 Å². The van der Waals surface area contributed by atoms with Gasteiger partial charge in [0.15, 0.2) is 0 Å². The van der Waals surface area contributed by atoms with Crippen LogP contribution >= 0.6 is 0 Å². The molecule has 0 unspecified atom stereocenters. The molecule has 1 saturated heterocycles. The lowest BCUT2D eigenvalue weighted by molar-refractivity contribution is 0.551. The minimum Gasteiger partial charge on any atom is -0.325 e. The molecule has 0 aliphatic carbocycles. The van der Waals surface area contributed by atoms with E-state index in [1.807, 2.05) is 49.6 Å². The lowest BCUT2D eigenvalue weighted by Crippen LogP contribution is -2.17. The Kier molecular flexibility index (Phi) is 4.32. The van der Waals surface area contributed by atoms with Gasteiger partial charge in [-0.15, -0.1) is 0 Å². The molecule has 1 fully saturated rings. The summed E-state index contributed by atoms with van der Waals surface area (Å²) in [5, 5.41) is 4.47. The molecule has 5 nitrogen and oxygen atoms in total. The van der Waals surface area contributed by atoms with Crippen LogP contribution in [0.3, 0.4) is 0 Å². The number of hydrogen-bond donors (Lipinski definition) is 2. The molecule has 2 aromatic heterocycles. The smallest absolute Gasteiger partial charge is 0.257 e. The summed E-state index contributed by atoms with van der Waals surface area (Å²) in [6, 6.07) is 16.7. The van der Waals surface area contributed by atoms with Crippen molar-refractivity contribution in [2.24, 2.45) is 0 Å². The second-order valence-corrected chi connectivity index (χ2v) is 7.92. The van der Waals surface area contributed by atoms with Crippen LogP contribution in [0, 0.1) is 13.8 Å². The molecule has 0 bridgehead atoms. The first-order valence-corrected chi connectivity index (χ1v) is 10.1. The summed E-state index contributed by atoms with van der Waals surface area (Å²) in [5.74, 6) is 0. The molecule has 3 heterocycles. The van der Waals surface area contributed by atoms with E-state index in [2.05, 4.69) is 33.9 Å². The number of fused-ring (bicyclic) bond motifs is 1. The normalized spacial score (nSPS) is 16.6. The zero-order valence-electron chi connectivity index (χ0n) is 16.7. The number of pyridine rings is 1. The van der Waals surface area contributed by atoms with Crippen LogP contribution < -0.4 is 10.9 Å². The minimum atomic E-state index is -0.0747. The van der Waals surface area contributed by atoms with Crippen molar-refractivity contribution in [1.82, 2.24) is 19.9 Å². The SMILES string of the molecule is Cc1cc(C)c2[nH]c(=O)c(-c3c(-c4ccccc4)ncn3[C@@H]3CCNC3)cc2c1. The van der Waals surface area contributed by atoms with Gasteiger partial charge in [-0.25, -0.2) is 4.98 Å². The molecule has 0 radical (unpaired) electrons. The average Bonchev–Trinajstić information content (AvgIpc) is 3.38. The standard InChI is InChI=1S/C24H24N4O/c1-15-10-16(2)21-18(11-15)12-20(24(29)27-21)23-22(17-6-4-3-5-7-17)26-14-28(23)19-8-9-25-13-19/h3-7,10-12,14,19,25H,8-9,13H2,1-2H3,(H,27,29)/t19-/m1/s1. The molecule has 5 rings (SSSR count). The van der Waals surface area contributed by atoms with Crippen LogP contribution in [0.15, 0.2) is 59.7 Å². The number of aromatic nitrogens is 3. The van der Waals surface area contributed by atoms with Crippen molar-refractivity contribution in [2.45, 2.75) is 26.3 Å². The van der Waals surface area contributed by atoms with Crippen molar-refractivity contribution in [2.75, 3.05) is 13.1 Å². The fraction of sp³-hybridized carbons (Fsp3) is 0.250. The fourth-order valence-corrected chi connectivity index (χ4v) is 4.45. The minimum absolute atomic E-state index is 0.0747. The van der Waals surface area contributed by atoms with E-state index < -0.39 is 0 Å². The van der Waals surface area contributed by atoms with Crippen molar-refractivity contribution in [3.05, 3.63) is 76.3 Å². The number of benzene rings is 2. The Labute approximate surface area is 169 Å². The van der Waals surface area contributed by atoms with Gasteiger partial charge in [0.2, 0.25) is 0 Å². The fourth-order valence-electron chi connectivity index (χ4n) is 4.45. The van der Waals surface area contributed by atoms with E-state index in [0.717, 1.165) is 52.9 Å².